The third-order valence-corrected chi connectivity index (χ3v) is 9.60. The summed E-state index contributed by atoms with van der Waals surface area (Å²) < 4.78 is 32.6. The Morgan fingerprint density at radius 2 is 1.91 bits per heavy atom. The number of rotatable bonds is 5. The van der Waals surface area contributed by atoms with Gasteiger partial charge in [0.25, 0.3) is 0 Å². The van der Waals surface area contributed by atoms with Gasteiger partial charge in [0.1, 0.15) is 5.00 Å². The zero-order valence-corrected chi connectivity index (χ0v) is 20.9. The van der Waals surface area contributed by atoms with Gasteiger partial charge in [0.2, 0.25) is 15.9 Å². The van der Waals surface area contributed by atoms with Crippen molar-refractivity contribution < 1.29 is 22.7 Å². The average molecular weight is 491 g/mol. The molecule has 1 aliphatic heterocycles. The maximum Gasteiger partial charge on any atom is 0.341 e. The number of methoxy groups -OCH3 is 1. The van der Waals surface area contributed by atoms with Gasteiger partial charge in [0.15, 0.2) is 0 Å². The molecule has 2 atom stereocenters. The van der Waals surface area contributed by atoms with Crippen LogP contribution < -0.4 is 5.32 Å². The number of hydrogen-bond donors (Lipinski definition) is 1. The number of carbonyl (C=O) groups is 2. The van der Waals surface area contributed by atoms with Crippen molar-refractivity contribution in [3.63, 3.8) is 0 Å². The van der Waals surface area contributed by atoms with E-state index in [9.17, 15) is 18.0 Å². The average Bonchev–Trinajstić information content (AvgIpc) is 3.15. The summed E-state index contributed by atoms with van der Waals surface area (Å²) in [5, 5.41) is 3.46. The molecule has 1 amide bonds. The summed E-state index contributed by atoms with van der Waals surface area (Å²) >= 11 is 1.44. The van der Waals surface area contributed by atoms with Crippen molar-refractivity contribution in [2.45, 2.75) is 50.8 Å². The Balaban J connectivity index is 1.53. The van der Waals surface area contributed by atoms with Crippen molar-refractivity contribution in [2.24, 2.45) is 11.8 Å². The van der Waals surface area contributed by atoms with Gasteiger partial charge in [-0.3, -0.25) is 4.79 Å². The Kier molecular flexibility index (Phi) is 6.93. The third-order valence-electron chi connectivity index (χ3n) is 6.55. The lowest BCUT2D eigenvalue weighted by Crippen LogP contribution is -2.43. The molecule has 1 aliphatic carbocycles. The van der Waals surface area contributed by atoms with Crippen molar-refractivity contribution in [1.29, 1.82) is 0 Å². The molecular formula is C24H30N2O5S2. The number of hydrogen-bond acceptors (Lipinski definition) is 6. The largest absolute Gasteiger partial charge is 0.465 e. The number of benzene rings is 1. The van der Waals surface area contributed by atoms with Gasteiger partial charge >= 0.3 is 5.97 Å². The third kappa shape index (κ3) is 4.85. The fourth-order valence-corrected chi connectivity index (χ4v) is 7.53. The van der Waals surface area contributed by atoms with Gasteiger partial charge in [-0.1, -0.05) is 24.6 Å². The highest BCUT2D eigenvalue weighted by Crippen LogP contribution is 2.40. The summed E-state index contributed by atoms with van der Waals surface area (Å²) in [6.07, 6.45) is 3.87. The van der Waals surface area contributed by atoms with Crippen molar-refractivity contribution in [1.82, 2.24) is 4.31 Å². The molecule has 2 aromatic rings. The van der Waals surface area contributed by atoms with Crippen LogP contribution in [0, 0.1) is 18.8 Å². The van der Waals surface area contributed by atoms with Crippen LogP contribution in [0.15, 0.2) is 29.2 Å². The molecule has 1 aromatic heterocycles. The van der Waals surface area contributed by atoms with Gasteiger partial charge in [-0.05, 0) is 62.6 Å². The second-order valence-electron chi connectivity index (χ2n) is 9.05. The number of sulfonamides is 1. The van der Waals surface area contributed by atoms with Crippen molar-refractivity contribution in [3.8, 4) is 0 Å². The van der Waals surface area contributed by atoms with E-state index in [4.69, 9.17) is 4.74 Å². The highest BCUT2D eigenvalue weighted by atomic mass is 32.2. The highest BCUT2D eigenvalue weighted by Gasteiger charge is 2.35. The summed E-state index contributed by atoms with van der Waals surface area (Å²) in [6.45, 7) is 4.60. The molecule has 0 bridgehead atoms. The quantitative estimate of drug-likeness (QED) is 0.640. The number of amides is 1. The number of nitrogens with zero attached hydrogens (tertiary/aromatic N) is 1. The number of anilines is 1. The normalized spacial score (nSPS) is 21.3. The molecule has 178 valence electrons. The van der Waals surface area contributed by atoms with E-state index in [1.807, 2.05) is 6.92 Å². The molecule has 1 fully saturated rings. The Morgan fingerprint density at radius 3 is 2.61 bits per heavy atom. The maximum atomic E-state index is 13.2. The number of piperidine rings is 1. The number of fused-ring (bicyclic) bond motifs is 1. The zero-order valence-electron chi connectivity index (χ0n) is 19.2. The van der Waals surface area contributed by atoms with Crippen LogP contribution in [0.25, 0.3) is 0 Å². The van der Waals surface area contributed by atoms with Crippen molar-refractivity contribution in [2.75, 3.05) is 25.5 Å². The van der Waals surface area contributed by atoms with E-state index in [-0.39, 0.29) is 17.3 Å². The first-order valence-electron chi connectivity index (χ1n) is 11.3. The highest BCUT2D eigenvalue weighted by molar-refractivity contribution is 7.89. The van der Waals surface area contributed by atoms with E-state index < -0.39 is 21.9 Å². The number of ether oxygens (including phenoxy) is 1. The molecule has 1 N–H and O–H groups in total. The molecule has 0 spiro atoms. The fraction of sp³-hybridized carbons (Fsp3) is 0.500. The summed E-state index contributed by atoms with van der Waals surface area (Å²) in [5.41, 5.74) is 2.42. The minimum atomic E-state index is -3.67. The van der Waals surface area contributed by atoms with Crippen LogP contribution in [0.5, 0.6) is 0 Å². The Morgan fingerprint density at radius 1 is 1.18 bits per heavy atom. The van der Waals surface area contributed by atoms with E-state index in [0.29, 0.717) is 35.9 Å². The number of aryl methyl sites for hydroxylation is 1. The number of esters is 1. The number of carbonyl (C=O) groups excluding carboxylic acids is 2. The second kappa shape index (κ2) is 9.56. The topological polar surface area (TPSA) is 92.8 Å². The van der Waals surface area contributed by atoms with Gasteiger partial charge in [0, 0.05) is 18.0 Å². The molecule has 1 aromatic carbocycles. The van der Waals surface area contributed by atoms with Crippen LogP contribution in [0.1, 0.15) is 52.5 Å². The predicted octanol–water partition coefficient (Wildman–Crippen LogP) is 4.01. The predicted molar refractivity (Wildman–Crippen MR) is 128 cm³/mol. The molecule has 1 saturated heterocycles. The molecule has 33 heavy (non-hydrogen) atoms. The SMILES string of the molecule is COC(=O)c1c(NC(=O)C2CCCN(S(=O)(=O)c3ccc(C)cc3)C2)sc2c1CCC(C)C2. The first-order chi connectivity index (χ1) is 15.7. The summed E-state index contributed by atoms with van der Waals surface area (Å²) in [5.74, 6) is -0.646. The van der Waals surface area contributed by atoms with Gasteiger partial charge in [-0.15, -0.1) is 11.3 Å². The van der Waals surface area contributed by atoms with Gasteiger partial charge in [-0.2, -0.15) is 4.31 Å². The van der Waals surface area contributed by atoms with Gasteiger partial charge < -0.3 is 10.1 Å². The number of nitrogens with one attached hydrogen (secondary N) is 1. The van der Waals surface area contributed by atoms with Crippen LogP contribution in [0.4, 0.5) is 5.00 Å². The molecule has 7 nitrogen and oxygen atoms in total. The van der Waals surface area contributed by atoms with E-state index in [2.05, 4.69) is 12.2 Å². The van der Waals surface area contributed by atoms with Gasteiger partial charge in [0.05, 0.1) is 23.5 Å². The zero-order chi connectivity index (χ0) is 23.8. The Labute approximate surface area is 199 Å². The molecule has 0 radical (unpaired) electrons. The first kappa shape index (κ1) is 23.9. The standard InChI is InChI=1S/C24H30N2O5S2/c1-15-6-9-18(10-7-15)33(29,30)26-12-4-5-17(14-26)22(27)25-23-21(24(28)31-3)19-11-8-16(2)13-20(19)32-23/h6-7,9-10,16-17H,4-5,8,11-14H2,1-3H3,(H,25,27). The Hall–Kier alpha value is -2.23. The molecule has 4 rings (SSSR count). The maximum absolute atomic E-state index is 13.2. The minimum Gasteiger partial charge on any atom is -0.465 e. The molecule has 9 heteroatoms. The molecule has 2 heterocycles. The molecule has 0 saturated carbocycles. The fourth-order valence-electron chi connectivity index (χ4n) is 4.60. The molecular weight excluding hydrogens is 460 g/mol. The monoisotopic (exact) mass is 490 g/mol. The van der Waals surface area contributed by atoms with Crippen molar-refractivity contribution in [3.05, 3.63) is 45.8 Å². The Bertz CT molecular complexity index is 1150. The van der Waals surface area contributed by atoms with Crippen LogP contribution in [-0.2, 0) is 32.4 Å². The lowest BCUT2D eigenvalue weighted by Gasteiger charge is -2.31. The molecule has 2 unspecified atom stereocenters. The van der Waals surface area contributed by atoms with E-state index in [1.165, 1.54) is 22.8 Å². The summed E-state index contributed by atoms with van der Waals surface area (Å²) in [7, 11) is -2.32. The summed E-state index contributed by atoms with van der Waals surface area (Å²) in [6, 6.07) is 6.76. The van der Waals surface area contributed by atoms with E-state index in [1.54, 1.807) is 24.3 Å². The van der Waals surface area contributed by atoms with Crippen LogP contribution in [-0.4, -0.2) is 44.8 Å². The number of thiophene rings is 1. The first-order valence-corrected chi connectivity index (χ1v) is 13.6. The van der Waals surface area contributed by atoms with Crippen LogP contribution in [0.3, 0.4) is 0 Å². The van der Waals surface area contributed by atoms with E-state index >= 15 is 0 Å². The van der Waals surface area contributed by atoms with Crippen LogP contribution >= 0.6 is 11.3 Å². The van der Waals surface area contributed by atoms with Crippen molar-refractivity contribution >= 4 is 38.2 Å². The minimum absolute atomic E-state index is 0.123. The molecule has 2 aliphatic rings. The summed E-state index contributed by atoms with van der Waals surface area (Å²) in [4.78, 5) is 27.1. The lowest BCUT2D eigenvalue weighted by atomic mass is 9.88. The van der Waals surface area contributed by atoms with Crippen LogP contribution in [0.2, 0.25) is 0 Å². The second-order valence-corrected chi connectivity index (χ2v) is 12.1. The van der Waals surface area contributed by atoms with Gasteiger partial charge in [-0.25, -0.2) is 13.2 Å². The van der Waals surface area contributed by atoms with E-state index in [0.717, 1.165) is 35.3 Å². The lowest BCUT2D eigenvalue weighted by molar-refractivity contribution is -0.120. The smallest absolute Gasteiger partial charge is 0.341 e.